The Kier molecular flexibility index (Phi) is 2.90. The molecule has 0 aromatic carbocycles. The molecule has 0 unspecified atom stereocenters. The van der Waals surface area contributed by atoms with E-state index in [1.807, 2.05) is 0 Å². The first-order valence-corrected chi connectivity index (χ1v) is 5.85. The van der Waals surface area contributed by atoms with Gasteiger partial charge in [-0.3, -0.25) is 4.79 Å². The van der Waals surface area contributed by atoms with Crippen LogP contribution in [0.4, 0.5) is 0 Å². The Morgan fingerprint density at radius 1 is 1.44 bits per heavy atom. The minimum Gasteiger partial charge on any atom is -0.385 e. The first-order valence-electron chi connectivity index (χ1n) is 5.85. The normalized spacial score (nSPS) is 23.2. The molecule has 1 N–H and O–H groups in total. The maximum atomic E-state index is 11.7. The van der Waals surface area contributed by atoms with Gasteiger partial charge in [-0.05, 0) is 37.5 Å². The number of ether oxygens (including phenoxy) is 1. The van der Waals surface area contributed by atoms with Gasteiger partial charge < -0.3 is 10.1 Å². The molecule has 0 bridgehead atoms. The molecule has 0 heterocycles. The number of nitrogens with one attached hydrogen (secondary N) is 1. The van der Waals surface area contributed by atoms with Gasteiger partial charge in [-0.2, -0.15) is 5.26 Å². The molecule has 0 aromatic heterocycles. The van der Waals surface area contributed by atoms with Crippen molar-refractivity contribution in [1.82, 2.24) is 5.32 Å². The lowest BCUT2D eigenvalue weighted by Gasteiger charge is -2.16. The Hall–Kier alpha value is -1.08. The van der Waals surface area contributed by atoms with Crippen molar-refractivity contribution < 1.29 is 9.53 Å². The molecular weight excluding hydrogens is 204 g/mol. The van der Waals surface area contributed by atoms with Gasteiger partial charge in [-0.25, -0.2) is 0 Å². The predicted molar refractivity (Wildman–Crippen MR) is 58.4 cm³/mol. The summed E-state index contributed by atoms with van der Waals surface area (Å²) >= 11 is 0. The van der Waals surface area contributed by atoms with Gasteiger partial charge in [0, 0.05) is 20.3 Å². The molecule has 1 amide bonds. The number of hydrogen-bond donors (Lipinski definition) is 1. The van der Waals surface area contributed by atoms with Crippen molar-refractivity contribution in [3.05, 3.63) is 0 Å². The largest absolute Gasteiger partial charge is 0.385 e. The van der Waals surface area contributed by atoms with E-state index >= 15 is 0 Å². The van der Waals surface area contributed by atoms with E-state index in [1.54, 1.807) is 7.11 Å². The molecule has 16 heavy (non-hydrogen) atoms. The van der Waals surface area contributed by atoms with Crippen LogP contribution in [0.3, 0.4) is 0 Å². The van der Waals surface area contributed by atoms with Crippen molar-refractivity contribution in [2.45, 2.75) is 32.1 Å². The van der Waals surface area contributed by atoms with Gasteiger partial charge in [0.05, 0.1) is 6.07 Å². The van der Waals surface area contributed by atoms with E-state index in [2.05, 4.69) is 11.4 Å². The lowest BCUT2D eigenvalue weighted by molar-refractivity contribution is -0.124. The second-order valence-corrected chi connectivity index (χ2v) is 5.12. The molecule has 2 fully saturated rings. The van der Waals surface area contributed by atoms with Crippen LogP contribution in [0.15, 0.2) is 0 Å². The molecule has 0 aromatic rings. The topological polar surface area (TPSA) is 62.1 Å². The predicted octanol–water partition coefficient (Wildman–Crippen LogP) is 1.22. The van der Waals surface area contributed by atoms with Gasteiger partial charge in [-0.1, -0.05) is 0 Å². The molecule has 0 radical (unpaired) electrons. The zero-order valence-electron chi connectivity index (χ0n) is 9.71. The third kappa shape index (κ3) is 2.19. The first kappa shape index (κ1) is 11.4. The number of nitriles is 1. The van der Waals surface area contributed by atoms with Crippen molar-refractivity contribution >= 4 is 5.91 Å². The van der Waals surface area contributed by atoms with Crippen LogP contribution in [0.1, 0.15) is 32.1 Å². The van der Waals surface area contributed by atoms with Crippen LogP contribution < -0.4 is 5.32 Å². The molecule has 0 spiro atoms. The fourth-order valence-electron chi connectivity index (χ4n) is 1.96. The molecule has 88 valence electrons. The molecule has 0 saturated heterocycles. The van der Waals surface area contributed by atoms with Crippen molar-refractivity contribution in [3.8, 4) is 6.07 Å². The molecule has 2 rings (SSSR count). The summed E-state index contributed by atoms with van der Waals surface area (Å²) in [4.78, 5) is 11.7. The minimum atomic E-state index is -0.683. The lowest BCUT2D eigenvalue weighted by atomic mass is 10.0. The average Bonchev–Trinajstić information content (AvgIpc) is 3.19. The van der Waals surface area contributed by atoms with Gasteiger partial charge in [0.2, 0.25) is 5.91 Å². The third-order valence-corrected chi connectivity index (χ3v) is 3.82. The fraction of sp³-hybridized carbons (Fsp3) is 0.833. The second kappa shape index (κ2) is 4.06. The highest BCUT2D eigenvalue weighted by Crippen LogP contribution is 2.49. The van der Waals surface area contributed by atoms with Crippen LogP contribution in [0.25, 0.3) is 0 Å². The molecule has 2 aliphatic carbocycles. The molecule has 2 aliphatic rings. The summed E-state index contributed by atoms with van der Waals surface area (Å²) in [6, 6.07) is 2.12. The highest BCUT2D eigenvalue weighted by Gasteiger charge is 2.51. The third-order valence-electron chi connectivity index (χ3n) is 3.82. The van der Waals surface area contributed by atoms with Crippen LogP contribution in [-0.4, -0.2) is 26.2 Å². The van der Waals surface area contributed by atoms with Gasteiger partial charge in [0.15, 0.2) is 0 Å². The summed E-state index contributed by atoms with van der Waals surface area (Å²) < 4.78 is 5.06. The number of carbonyl (C=O) groups is 1. The van der Waals surface area contributed by atoms with Gasteiger partial charge in [-0.15, -0.1) is 0 Å². The number of nitrogens with zero attached hydrogens (tertiary/aromatic N) is 1. The maximum absolute atomic E-state index is 11.7. The Labute approximate surface area is 96.0 Å². The monoisotopic (exact) mass is 222 g/mol. The van der Waals surface area contributed by atoms with E-state index in [-0.39, 0.29) is 11.3 Å². The highest BCUT2D eigenvalue weighted by molar-refractivity contribution is 5.88. The molecular formula is C12H18N2O2. The van der Waals surface area contributed by atoms with Crippen LogP contribution in [-0.2, 0) is 9.53 Å². The summed E-state index contributed by atoms with van der Waals surface area (Å²) in [6.07, 6.45) is 4.77. The van der Waals surface area contributed by atoms with E-state index < -0.39 is 5.41 Å². The maximum Gasteiger partial charge on any atom is 0.240 e. The standard InChI is InChI=1S/C12H18N2O2/c1-16-7-6-11(2-3-11)9-14-10(15)12(8-13)4-5-12/h2-7,9H2,1H3,(H,14,15). The number of methoxy groups -OCH3 is 1. The average molecular weight is 222 g/mol. The molecule has 2 saturated carbocycles. The number of carbonyl (C=O) groups excluding carboxylic acids is 1. The Morgan fingerprint density at radius 2 is 2.12 bits per heavy atom. The van der Waals surface area contributed by atoms with E-state index in [4.69, 9.17) is 10.00 Å². The smallest absolute Gasteiger partial charge is 0.240 e. The fourth-order valence-corrected chi connectivity index (χ4v) is 1.96. The Bertz CT molecular complexity index is 324. The minimum absolute atomic E-state index is 0.0707. The Balaban J connectivity index is 1.76. The number of amides is 1. The second-order valence-electron chi connectivity index (χ2n) is 5.12. The van der Waals surface area contributed by atoms with E-state index in [1.165, 1.54) is 0 Å². The molecule has 0 aliphatic heterocycles. The summed E-state index contributed by atoms with van der Waals surface area (Å²) in [5.74, 6) is -0.0707. The SMILES string of the molecule is COCCC1(CNC(=O)C2(C#N)CC2)CC1. The van der Waals surface area contributed by atoms with Crippen LogP contribution in [0.5, 0.6) is 0 Å². The summed E-state index contributed by atoms with van der Waals surface area (Å²) in [7, 11) is 1.70. The summed E-state index contributed by atoms with van der Waals surface area (Å²) in [5, 5.41) is 11.8. The highest BCUT2D eigenvalue weighted by atomic mass is 16.5. The zero-order chi connectivity index (χ0) is 11.6. The number of hydrogen-bond acceptors (Lipinski definition) is 3. The van der Waals surface area contributed by atoms with E-state index in [9.17, 15) is 4.79 Å². The van der Waals surface area contributed by atoms with E-state index in [0.717, 1.165) is 38.7 Å². The Morgan fingerprint density at radius 3 is 2.56 bits per heavy atom. The van der Waals surface area contributed by atoms with Crippen molar-refractivity contribution in [2.75, 3.05) is 20.3 Å². The summed E-state index contributed by atoms with van der Waals surface area (Å²) in [5.41, 5.74) is -0.422. The van der Waals surface area contributed by atoms with Gasteiger partial charge in [0.1, 0.15) is 5.41 Å². The van der Waals surface area contributed by atoms with Gasteiger partial charge >= 0.3 is 0 Å². The molecule has 4 nitrogen and oxygen atoms in total. The van der Waals surface area contributed by atoms with Crippen LogP contribution >= 0.6 is 0 Å². The zero-order valence-corrected chi connectivity index (χ0v) is 9.71. The van der Waals surface area contributed by atoms with Crippen LogP contribution in [0.2, 0.25) is 0 Å². The van der Waals surface area contributed by atoms with Crippen LogP contribution in [0, 0.1) is 22.2 Å². The first-order chi connectivity index (χ1) is 7.66. The van der Waals surface area contributed by atoms with Crippen molar-refractivity contribution in [1.29, 1.82) is 5.26 Å². The number of rotatable bonds is 6. The quantitative estimate of drug-likeness (QED) is 0.735. The van der Waals surface area contributed by atoms with Gasteiger partial charge in [0.25, 0.3) is 0 Å². The van der Waals surface area contributed by atoms with Crippen molar-refractivity contribution in [3.63, 3.8) is 0 Å². The van der Waals surface area contributed by atoms with E-state index in [0.29, 0.717) is 6.54 Å². The molecule has 4 heteroatoms. The van der Waals surface area contributed by atoms with Crippen molar-refractivity contribution in [2.24, 2.45) is 10.8 Å². The lowest BCUT2D eigenvalue weighted by Crippen LogP contribution is -2.36. The summed E-state index contributed by atoms with van der Waals surface area (Å²) in [6.45, 7) is 1.46. The molecule has 0 atom stereocenters.